The average Bonchev–Trinajstić information content (AvgIpc) is 3.09. The molecule has 0 heterocycles. The fraction of sp³-hybridized carbons (Fsp3) is 0.429. The second-order valence-corrected chi connectivity index (χ2v) is 5.98. The van der Waals surface area contributed by atoms with Crippen LogP contribution in [0.4, 0.5) is 0 Å². The van der Waals surface area contributed by atoms with E-state index in [2.05, 4.69) is 21.2 Å². The van der Waals surface area contributed by atoms with Gasteiger partial charge in [0.25, 0.3) is 0 Å². The highest BCUT2D eigenvalue weighted by atomic mass is 79.9. The zero-order valence-electron chi connectivity index (χ0n) is 10.6. The van der Waals surface area contributed by atoms with Gasteiger partial charge in [0.15, 0.2) is 0 Å². The molecule has 0 radical (unpaired) electrons. The zero-order valence-corrected chi connectivity index (χ0v) is 12.2. The fourth-order valence-electron chi connectivity index (χ4n) is 2.22. The van der Waals surface area contributed by atoms with Gasteiger partial charge in [-0.25, -0.2) is 0 Å². The van der Waals surface area contributed by atoms with Crippen molar-refractivity contribution < 1.29 is 14.7 Å². The van der Waals surface area contributed by atoms with Crippen LogP contribution in [0.5, 0.6) is 0 Å². The van der Waals surface area contributed by atoms with E-state index in [1.54, 1.807) is 6.92 Å². The monoisotopic (exact) mass is 325 g/mol. The minimum absolute atomic E-state index is 0.0534. The normalized spacial score (nSPS) is 17.6. The highest BCUT2D eigenvalue weighted by molar-refractivity contribution is 9.10. The van der Waals surface area contributed by atoms with Gasteiger partial charge in [-0.2, -0.15) is 0 Å². The lowest BCUT2D eigenvalue weighted by Gasteiger charge is -2.19. The molecule has 2 N–H and O–H groups in total. The van der Waals surface area contributed by atoms with E-state index < -0.39 is 11.4 Å². The molecule has 1 aromatic carbocycles. The standard InChI is InChI=1S/C14H16BrNO3/c1-9(8-12(17)18)16-13(19)14(6-7-14)10-2-4-11(15)5-3-10/h2-5,9H,6-8H2,1H3,(H,16,19)(H,17,18)/t9-/m1/s1. The minimum atomic E-state index is -0.902. The van der Waals surface area contributed by atoms with E-state index in [0.29, 0.717) is 0 Å². The molecule has 2 rings (SSSR count). The van der Waals surface area contributed by atoms with Crippen LogP contribution in [0, 0.1) is 0 Å². The number of carbonyl (C=O) groups excluding carboxylic acids is 1. The SMILES string of the molecule is C[C@H](CC(=O)O)NC(=O)C1(c2ccc(Br)cc2)CC1. The number of nitrogens with one attached hydrogen (secondary N) is 1. The molecule has 1 aliphatic carbocycles. The Bertz CT molecular complexity index is 494. The lowest BCUT2D eigenvalue weighted by atomic mass is 9.94. The van der Waals surface area contributed by atoms with Crippen LogP contribution in [0.3, 0.4) is 0 Å². The van der Waals surface area contributed by atoms with Gasteiger partial charge in [0.05, 0.1) is 11.8 Å². The van der Waals surface area contributed by atoms with Gasteiger partial charge in [0.2, 0.25) is 5.91 Å². The summed E-state index contributed by atoms with van der Waals surface area (Å²) in [7, 11) is 0. The summed E-state index contributed by atoms with van der Waals surface area (Å²) in [5, 5.41) is 11.5. The minimum Gasteiger partial charge on any atom is -0.481 e. The molecule has 1 atom stereocenters. The van der Waals surface area contributed by atoms with E-state index in [0.717, 1.165) is 22.9 Å². The van der Waals surface area contributed by atoms with E-state index in [1.165, 1.54) is 0 Å². The smallest absolute Gasteiger partial charge is 0.305 e. The Kier molecular flexibility index (Phi) is 3.94. The second kappa shape index (κ2) is 5.33. The van der Waals surface area contributed by atoms with Gasteiger partial charge in [-0.15, -0.1) is 0 Å². The van der Waals surface area contributed by atoms with Gasteiger partial charge < -0.3 is 10.4 Å². The number of aliphatic carboxylic acids is 1. The van der Waals surface area contributed by atoms with Crippen LogP contribution in [-0.4, -0.2) is 23.0 Å². The van der Waals surface area contributed by atoms with Crippen molar-refractivity contribution >= 4 is 27.8 Å². The molecule has 0 aromatic heterocycles. The zero-order chi connectivity index (χ0) is 14.0. The van der Waals surface area contributed by atoms with E-state index in [-0.39, 0.29) is 18.4 Å². The summed E-state index contributed by atoms with van der Waals surface area (Å²) in [5.41, 5.74) is 0.545. The summed E-state index contributed by atoms with van der Waals surface area (Å²) in [5.74, 6) is -0.968. The maximum absolute atomic E-state index is 12.3. The lowest BCUT2D eigenvalue weighted by molar-refractivity contribution is -0.137. The molecule has 1 saturated carbocycles. The molecule has 102 valence electrons. The molecule has 1 amide bonds. The fourth-order valence-corrected chi connectivity index (χ4v) is 2.48. The molecular formula is C14H16BrNO3. The lowest BCUT2D eigenvalue weighted by Crippen LogP contribution is -2.41. The largest absolute Gasteiger partial charge is 0.481 e. The first-order valence-electron chi connectivity index (χ1n) is 6.23. The third kappa shape index (κ3) is 3.15. The first-order valence-corrected chi connectivity index (χ1v) is 7.02. The molecule has 0 unspecified atom stereocenters. The number of rotatable bonds is 5. The summed E-state index contributed by atoms with van der Waals surface area (Å²) in [6, 6.07) is 7.38. The Hall–Kier alpha value is -1.36. The Balaban J connectivity index is 2.06. The van der Waals surface area contributed by atoms with Crippen LogP contribution in [0.2, 0.25) is 0 Å². The molecule has 1 aromatic rings. The molecule has 0 bridgehead atoms. The number of hydrogen-bond acceptors (Lipinski definition) is 2. The number of amides is 1. The Morgan fingerprint density at radius 1 is 1.37 bits per heavy atom. The molecule has 19 heavy (non-hydrogen) atoms. The molecule has 4 nitrogen and oxygen atoms in total. The number of halogens is 1. The topological polar surface area (TPSA) is 66.4 Å². The summed E-state index contributed by atoms with van der Waals surface area (Å²) < 4.78 is 0.978. The van der Waals surface area contributed by atoms with Gasteiger partial charge in [-0.1, -0.05) is 28.1 Å². The Morgan fingerprint density at radius 3 is 2.42 bits per heavy atom. The summed E-state index contributed by atoms with van der Waals surface area (Å²) in [4.78, 5) is 22.9. The van der Waals surface area contributed by atoms with Crippen molar-refractivity contribution in [2.75, 3.05) is 0 Å². The first-order chi connectivity index (χ1) is 8.94. The third-order valence-electron chi connectivity index (χ3n) is 3.44. The van der Waals surface area contributed by atoms with Crippen LogP contribution in [0.1, 0.15) is 31.7 Å². The van der Waals surface area contributed by atoms with Gasteiger partial charge in [-0.05, 0) is 37.5 Å². The van der Waals surface area contributed by atoms with Gasteiger partial charge in [0.1, 0.15) is 0 Å². The number of carbonyl (C=O) groups is 2. The van der Waals surface area contributed by atoms with Crippen molar-refractivity contribution in [2.45, 2.75) is 37.6 Å². The van der Waals surface area contributed by atoms with Crippen LogP contribution in [0.15, 0.2) is 28.7 Å². The van der Waals surface area contributed by atoms with Crippen molar-refractivity contribution in [3.05, 3.63) is 34.3 Å². The first kappa shape index (κ1) is 14.1. The highest BCUT2D eigenvalue weighted by Gasteiger charge is 2.51. The number of hydrogen-bond donors (Lipinski definition) is 2. The van der Waals surface area contributed by atoms with E-state index >= 15 is 0 Å². The maximum atomic E-state index is 12.3. The maximum Gasteiger partial charge on any atom is 0.305 e. The molecule has 0 spiro atoms. The van der Waals surface area contributed by atoms with Gasteiger partial charge >= 0.3 is 5.97 Å². The van der Waals surface area contributed by atoms with E-state index in [1.807, 2.05) is 24.3 Å². The predicted octanol–water partition coefficient (Wildman–Crippen LogP) is 2.46. The number of carboxylic acids is 1. The molecule has 0 aliphatic heterocycles. The number of carboxylic acid groups (broad SMARTS) is 1. The van der Waals surface area contributed by atoms with Crippen molar-refractivity contribution in [3.8, 4) is 0 Å². The van der Waals surface area contributed by atoms with E-state index in [9.17, 15) is 9.59 Å². The average molecular weight is 326 g/mol. The quantitative estimate of drug-likeness (QED) is 0.873. The van der Waals surface area contributed by atoms with Crippen molar-refractivity contribution in [3.63, 3.8) is 0 Å². The van der Waals surface area contributed by atoms with Crippen molar-refractivity contribution in [2.24, 2.45) is 0 Å². The van der Waals surface area contributed by atoms with Crippen molar-refractivity contribution in [1.29, 1.82) is 0 Å². The number of benzene rings is 1. The molecule has 1 aliphatic rings. The molecule has 0 saturated heterocycles. The molecule has 5 heteroatoms. The van der Waals surface area contributed by atoms with Crippen LogP contribution in [-0.2, 0) is 15.0 Å². The molecule has 1 fully saturated rings. The Morgan fingerprint density at radius 2 is 1.95 bits per heavy atom. The van der Waals surface area contributed by atoms with Crippen LogP contribution in [0.25, 0.3) is 0 Å². The summed E-state index contributed by atoms with van der Waals surface area (Å²) in [6.45, 7) is 1.71. The third-order valence-corrected chi connectivity index (χ3v) is 3.97. The van der Waals surface area contributed by atoms with E-state index in [4.69, 9.17) is 5.11 Å². The van der Waals surface area contributed by atoms with Crippen molar-refractivity contribution in [1.82, 2.24) is 5.32 Å². The second-order valence-electron chi connectivity index (χ2n) is 5.06. The summed E-state index contributed by atoms with van der Waals surface area (Å²) >= 11 is 3.37. The van der Waals surface area contributed by atoms with Gasteiger partial charge in [-0.3, -0.25) is 9.59 Å². The molecular weight excluding hydrogens is 310 g/mol. The van der Waals surface area contributed by atoms with Crippen LogP contribution >= 0.6 is 15.9 Å². The highest BCUT2D eigenvalue weighted by Crippen LogP contribution is 2.48. The Labute approximate surface area is 120 Å². The van der Waals surface area contributed by atoms with Crippen LogP contribution < -0.4 is 5.32 Å². The van der Waals surface area contributed by atoms with Gasteiger partial charge in [0, 0.05) is 10.5 Å². The predicted molar refractivity (Wildman–Crippen MR) is 74.9 cm³/mol. The summed E-state index contributed by atoms with van der Waals surface area (Å²) in [6.07, 6.45) is 1.59.